The quantitative estimate of drug-likeness (QED) is 0.198. The monoisotopic (exact) mass is 520 g/mol. The zero-order valence-corrected chi connectivity index (χ0v) is 17.5. The molecule has 15 nitrogen and oxygen atoms in total. The Kier molecular flexibility index (Phi) is 7.39. The first-order valence-corrected chi connectivity index (χ1v) is 12.1. The SMILES string of the molecule is O=c1[nH]c(=S)ccn1[C@@H]1O[C@H](OP(=O)(O)OP(=O)(O)OP(=O)(O)O)[C@H](O)C1(F)CF. The van der Waals surface area contributed by atoms with Crippen LogP contribution in [-0.4, -0.2) is 59.0 Å². The minimum absolute atomic E-state index is 0.0932. The Balaban J connectivity index is 2.29. The minimum atomic E-state index is -5.92. The van der Waals surface area contributed by atoms with Crippen LogP contribution in [0.5, 0.6) is 0 Å². The molecule has 21 heteroatoms. The van der Waals surface area contributed by atoms with Gasteiger partial charge in [0.2, 0.25) is 12.0 Å². The molecule has 0 radical (unpaired) electrons. The number of H-pyrrole nitrogens is 1. The van der Waals surface area contributed by atoms with Gasteiger partial charge in [0.15, 0.2) is 6.23 Å². The Labute approximate surface area is 169 Å². The summed E-state index contributed by atoms with van der Waals surface area (Å²) in [6.07, 6.45) is -6.66. The van der Waals surface area contributed by atoms with Crippen molar-refractivity contribution in [1.29, 1.82) is 0 Å². The van der Waals surface area contributed by atoms with Crippen molar-refractivity contribution in [3.05, 3.63) is 27.4 Å². The summed E-state index contributed by atoms with van der Waals surface area (Å²) in [5, 5.41) is 9.95. The highest BCUT2D eigenvalue weighted by Crippen LogP contribution is 2.67. The van der Waals surface area contributed by atoms with Crippen molar-refractivity contribution in [2.45, 2.75) is 24.3 Å². The van der Waals surface area contributed by atoms with Gasteiger partial charge in [-0.3, -0.25) is 14.1 Å². The fourth-order valence-electron chi connectivity index (χ4n) is 2.25. The molecule has 6 N–H and O–H groups in total. The first-order chi connectivity index (χ1) is 13.5. The summed E-state index contributed by atoms with van der Waals surface area (Å²) in [5.74, 6) is 0. The molecule has 1 aromatic rings. The van der Waals surface area contributed by atoms with Crippen LogP contribution in [0, 0.1) is 4.64 Å². The summed E-state index contributed by atoms with van der Waals surface area (Å²) >= 11 is 4.67. The van der Waals surface area contributed by atoms with Gasteiger partial charge < -0.3 is 29.4 Å². The smallest absolute Gasteiger partial charge is 0.384 e. The molecule has 2 heterocycles. The van der Waals surface area contributed by atoms with Crippen molar-refractivity contribution in [3.63, 3.8) is 0 Å². The van der Waals surface area contributed by atoms with Crippen LogP contribution in [-0.2, 0) is 31.6 Å². The number of aromatic nitrogens is 2. The number of nitrogens with one attached hydrogen (secondary N) is 1. The molecule has 1 aliphatic rings. The lowest BCUT2D eigenvalue weighted by molar-refractivity contribution is -0.135. The average Bonchev–Trinajstić information content (AvgIpc) is 2.76. The highest BCUT2D eigenvalue weighted by Gasteiger charge is 2.61. The van der Waals surface area contributed by atoms with E-state index in [-0.39, 0.29) is 4.64 Å². The molecule has 0 bridgehead atoms. The van der Waals surface area contributed by atoms with Gasteiger partial charge in [-0.1, -0.05) is 12.2 Å². The summed E-state index contributed by atoms with van der Waals surface area (Å²) in [5.41, 5.74) is -4.54. The Bertz CT molecular complexity index is 1060. The fourth-order valence-corrected chi connectivity index (χ4v) is 5.49. The second kappa shape index (κ2) is 8.67. The molecule has 1 saturated heterocycles. The molecule has 0 aliphatic carbocycles. The molecule has 172 valence electrons. The maximum atomic E-state index is 15.0. The van der Waals surface area contributed by atoms with Gasteiger partial charge in [-0.05, 0) is 6.07 Å². The van der Waals surface area contributed by atoms with E-state index in [4.69, 9.17) is 19.4 Å². The molecule has 30 heavy (non-hydrogen) atoms. The minimum Gasteiger partial charge on any atom is -0.384 e. The van der Waals surface area contributed by atoms with Crippen LogP contribution in [0.3, 0.4) is 0 Å². The summed E-state index contributed by atoms with van der Waals surface area (Å²) < 4.78 is 78.2. The van der Waals surface area contributed by atoms with Crippen molar-refractivity contribution in [2.24, 2.45) is 0 Å². The first-order valence-electron chi connectivity index (χ1n) is 7.22. The van der Waals surface area contributed by atoms with Crippen molar-refractivity contribution < 1.29 is 65.0 Å². The molecule has 1 aliphatic heterocycles. The van der Waals surface area contributed by atoms with Crippen molar-refractivity contribution in [2.75, 3.05) is 6.67 Å². The van der Waals surface area contributed by atoms with Crippen molar-refractivity contribution in [3.8, 4) is 0 Å². The van der Waals surface area contributed by atoms with Crippen LogP contribution < -0.4 is 5.69 Å². The van der Waals surface area contributed by atoms with Gasteiger partial charge in [-0.25, -0.2) is 27.3 Å². The molecule has 3 unspecified atom stereocenters. The third kappa shape index (κ3) is 5.95. The van der Waals surface area contributed by atoms with E-state index in [2.05, 4.69) is 25.4 Å². The zero-order valence-electron chi connectivity index (χ0n) is 14.0. The molecule has 0 saturated carbocycles. The number of alkyl halides is 2. The third-order valence-corrected chi connectivity index (χ3v) is 7.42. The summed E-state index contributed by atoms with van der Waals surface area (Å²) in [6.45, 7) is -1.99. The predicted octanol–water partition coefficient (Wildman–Crippen LogP) is 0.143. The molecule has 0 spiro atoms. The van der Waals surface area contributed by atoms with Crippen LogP contribution in [0.2, 0.25) is 0 Å². The van der Waals surface area contributed by atoms with E-state index in [1.807, 2.05) is 4.98 Å². The normalized spacial score (nSPS) is 31.2. The Morgan fingerprint density at radius 3 is 2.33 bits per heavy atom. The van der Waals surface area contributed by atoms with Crippen LogP contribution in [0.1, 0.15) is 6.23 Å². The number of aliphatic hydroxyl groups excluding tert-OH is 1. The summed E-state index contributed by atoms with van der Waals surface area (Å²) in [6, 6.07) is 1.07. The fraction of sp³-hybridized carbons (Fsp3) is 0.556. The van der Waals surface area contributed by atoms with Gasteiger partial charge >= 0.3 is 29.2 Å². The van der Waals surface area contributed by atoms with Gasteiger partial charge in [0.1, 0.15) is 17.4 Å². The maximum absolute atomic E-state index is 15.0. The largest absolute Gasteiger partial charge is 0.490 e. The number of nitrogens with zero attached hydrogens (tertiary/aromatic N) is 1. The number of aliphatic hydroxyl groups is 1. The van der Waals surface area contributed by atoms with E-state index in [0.717, 1.165) is 12.3 Å². The number of halogens is 2. The van der Waals surface area contributed by atoms with Gasteiger partial charge in [0.25, 0.3) is 0 Å². The summed E-state index contributed by atoms with van der Waals surface area (Å²) in [7, 11) is -17.4. The molecule has 1 fully saturated rings. The highest BCUT2D eigenvalue weighted by atomic mass is 32.1. The molecule has 0 amide bonds. The van der Waals surface area contributed by atoms with Gasteiger partial charge in [0.05, 0.1) is 0 Å². The third-order valence-electron chi connectivity index (χ3n) is 3.38. The standard InChI is InChI=1S/C9H13F2N2O13P3S/c10-3-9(11)5(14)6(23-7(9)13-2-1-4(30)12-8(13)15)24-28(19,20)26-29(21,22)25-27(16,17)18/h1-2,5-7,14H,3H2,(H,19,20)(H,21,22)(H,12,15,30)(H2,16,17,18)/t5-,6+,7+,9?/m0/s1. The Hall–Kier alpha value is -0.710. The number of hydrogen-bond acceptors (Lipinski definition) is 10. The Morgan fingerprint density at radius 2 is 1.83 bits per heavy atom. The molecule has 1 aromatic heterocycles. The second-order valence-electron chi connectivity index (χ2n) is 5.58. The Morgan fingerprint density at radius 1 is 1.23 bits per heavy atom. The lowest BCUT2D eigenvalue weighted by Gasteiger charge is -2.25. The van der Waals surface area contributed by atoms with E-state index in [0.29, 0.717) is 4.57 Å². The lowest BCUT2D eigenvalue weighted by atomic mass is 10.0. The van der Waals surface area contributed by atoms with Crippen molar-refractivity contribution >= 4 is 35.7 Å². The molecular formula is C9H13F2N2O13P3S. The highest BCUT2D eigenvalue weighted by molar-refractivity contribution is 7.71. The average molecular weight is 520 g/mol. The topological polar surface area (TPSA) is 227 Å². The van der Waals surface area contributed by atoms with Crippen LogP contribution >= 0.6 is 35.7 Å². The molecule has 0 aromatic carbocycles. The van der Waals surface area contributed by atoms with Crippen LogP contribution in [0.25, 0.3) is 0 Å². The zero-order chi connectivity index (χ0) is 23.1. The molecule has 6 atom stereocenters. The number of hydrogen-bond donors (Lipinski definition) is 6. The number of aromatic amines is 1. The van der Waals surface area contributed by atoms with E-state index < -0.39 is 60.1 Å². The number of rotatable bonds is 8. The number of phosphoric acid groups is 3. The van der Waals surface area contributed by atoms with Crippen LogP contribution in [0.4, 0.5) is 8.78 Å². The van der Waals surface area contributed by atoms with Gasteiger partial charge in [-0.2, -0.15) is 8.62 Å². The van der Waals surface area contributed by atoms with Gasteiger partial charge in [-0.15, -0.1) is 0 Å². The predicted molar refractivity (Wildman–Crippen MR) is 90.6 cm³/mol. The maximum Gasteiger partial charge on any atom is 0.490 e. The number of phosphoric ester groups is 1. The second-order valence-corrected chi connectivity index (χ2v) is 10.4. The first kappa shape index (κ1) is 25.5. The van der Waals surface area contributed by atoms with Gasteiger partial charge in [0, 0.05) is 6.20 Å². The summed E-state index contributed by atoms with van der Waals surface area (Å²) in [4.78, 5) is 49.4. The van der Waals surface area contributed by atoms with E-state index in [1.54, 1.807) is 0 Å². The van der Waals surface area contributed by atoms with E-state index in [1.165, 1.54) is 0 Å². The molecule has 2 rings (SSSR count). The van der Waals surface area contributed by atoms with Crippen LogP contribution in [0.15, 0.2) is 17.1 Å². The lowest BCUT2D eigenvalue weighted by Crippen LogP contribution is -2.46. The van der Waals surface area contributed by atoms with Crippen molar-refractivity contribution in [1.82, 2.24) is 9.55 Å². The van der Waals surface area contributed by atoms with E-state index in [9.17, 15) is 37.3 Å². The molecular weight excluding hydrogens is 507 g/mol. The van der Waals surface area contributed by atoms with E-state index >= 15 is 0 Å². The number of ether oxygens (including phenoxy) is 1.